The van der Waals surface area contributed by atoms with Gasteiger partial charge in [0.15, 0.2) is 0 Å². The normalized spacial score (nSPS) is 11.4. The molecule has 3 aromatic rings. The van der Waals surface area contributed by atoms with Crippen molar-refractivity contribution >= 4 is 18.6 Å². The quantitative estimate of drug-likeness (QED) is 0.170. The van der Waals surface area contributed by atoms with Gasteiger partial charge in [-0.25, -0.2) is 0 Å². The van der Waals surface area contributed by atoms with Gasteiger partial charge in [0.1, 0.15) is 18.1 Å². The van der Waals surface area contributed by atoms with Crippen LogP contribution >= 0.6 is 12.1 Å². The Balaban J connectivity index is 0.00000161. The lowest BCUT2D eigenvalue weighted by molar-refractivity contribution is -0.122. The van der Waals surface area contributed by atoms with Crippen LogP contribution in [0.5, 0.6) is 11.5 Å². The van der Waals surface area contributed by atoms with Crippen LogP contribution in [0.1, 0.15) is 42.0 Å². The van der Waals surface area contributed by atoms with E-state index in [9.17, 15) is 3.89 Å². The molecule has 206 valence electrons. The number of hydrogen-bond donors (Lipinski definition) is 2. The number of halogens is 1. The largest absolute Gasteiger partial charge is 0.492 e. The van der Waals surface area contributed by atoms with Gasteiger partial charge in [0, 0.05) is 42.4 Å². The van der Waals surface area contributed by atoms with Crippen molar-refractivity contribution in [3.05, 3.63) is 95.1 Å². The van der Waals surface area contributed by atoms with E-state index in [1.165, 1.54) is 5.56 Å². The van der Waals surface area contributed by atoms with E-state index in [1.807, 2.05) is 37.3 Å². The molecule has 0 aromatic heterocycles. The third-order valence-electron chi connectivity index (χ3n) is 5.76. The Kier molecular flexibility index (Phi) is 14.9. The lowest BCUT2D eigenvalue weighted by Gasteiger charge is -2.25. The van der Waals surface area contributed by atoms with Gasteiger partial charge in [0.25, 0.3) is 6.47 Å². The van der Waals surface area contributed by atoms with E-state index in [1.54, 1.807) is 0 Å². The fourth-order valence-electron chi connectivity index (χ4n) is 4.03. The molecule has 0 aliphatic rings. The molecule has 38 heavy (non-hydrogen) atoms. The molecule has 6 nitrogen and oxygen atoms in total. The highest BCUT2D eigenvalue weighted by Gasteiger charge is 2.14. The van der Waals surface area contributed by atoms with E-state index in [0.717, 1.165) is 60.7 Å². The molecule has 0 amide bonds. The highest BCUT2D eigenvalue weighted by molar-refractivity contribution is 7.94. The van der Waals surface area contributed by atoms with Crippen molar-refractivity contribution in [1.29, 1.82) is 0 Å². The van der Waals surface area contributed by atoms with Crippen molar-refractivity contribution in [3.63, 3.8) is 0 Å². The van der Waals surface area contributed by atoms with Crippen molar-refractivity contribution in [3.8, 4) is 11.5 Å². The van der Waals surface area contributed by atoms with Crippen LogP contribution in [0.3, 0.4) is 0 Å². The van der Waals surface area contributed by atoms with E-state index in [0.29, 0.717) is 31.1 Å². The number of hydrogen-bond acceptors (Lipinski definition) is 6. The monoisotopic (exact) mass is 542 g/mol. The van der Waals surface area contributed by atoms with Crippen LogP contribution in [0, 0.1) is 6.92 Å². The van der Waals surface area contributed by atoms with Gasteiger partial charge in [-0.15, -0.1) is 0 Å². The molecule has 0 aliphatic heterocycles. The summed E-state index contributed by atoms with van der Waals surface area (Å²) in [6.45, 7) is 7.15. The van der Waals surface area contributed by atoms with Gasteiger partial charge < -0.3 is 20.3 Å². The molecule has 0 radical (unpaired) electrons. The summed E-state index contributed by atoms with van der Waals surface area (Å²) in [5.74, 6) is 2.02. The maximum atomic E-state index is 12.5. The topological polar surface area (TPSA) is 85.0 Å². The van der Waals surface area contributed by atoms with Crippen molar-refractivity contribution in [2.75, 3.05) is 18.9 Å². The summed E-state index contributed by atoms with van der Waals surface area (Å²) >= 11 is 0.300. The average molecular weight is 543 g/mol. The van der Waals surface area contributed by atoms with Crippen LogP contribution in [0.2, 0.25) is 0 Å². The van der Waals surface area contributed by atoms with E-state index in [-0.39, 0.29) is 12.5 Å². The molecule has 3 N–H and O–H groups in total. The number of ether oxygens (including phenoxy) is 2. The van der Waals surface area contributed by atoms with E-state index in [4.69, 9.17) is 25.1 Å². The molecule has 8 heteroatoms. The summed E-state index contributed by atoms with van der Waals surface area (Å²) in [5.41, 5.74) is 10.6. The molecule has 0 fully saturated rings. The Morgan fingerprint density at radius 3 is 2.18 bits per heavy atom. The van der Waals surface area contributed by atoms with E-state index in [2.05, 4.69) is 54.3 Å². The lowest BCUT2D eigenvalue weighted by Crippen LogP contribution is -2.26. The van der Waals surface area contributed by atoms with Gasteiger partial charge in [0.2, 0.25) is 0 Å². The zero-order valence-electron chi connectivity index (χ0n) is 22.2. The Bertz CT molecular complexity index is 1080. The second kappa shape index (κ2) is 18.2. The maximum Gasteiger partial charge on any atom is 0.290 e. The SMILES string of the molecule is Cc1cccc(COc2ccccc2CN(CCCC(C)N)Cc2ccccc2OCCSF)c1.O=CO. The number of para-hydroxylation sites is 2. The summed E-state index contributed by atoms with van der Waals surface area (Å²) in [7, 11) is 0. The number of nitrogens with two attached hydrogens (primary N) is 1. The Hall–Kier alpha value is -3.07. The van der Waals surface area contributed by atoms with Crippen molar-refractivity contribution in [2.24, 2.45) is 5.73 Å². The molecule has 3 aromatic carbocycles. The second-order valence-corrected chi connectivity index (χ2v) is 9.72. The molecule has 0 saturated carbocycles. The number of rotatable bonds is 15. The Labute approximate surface area is 230 Å². The smallest absolute Gasteiger partial charge is 0.290 e. The first kappa shape index (κ1) is 31.1. The first-order chi connectivity index (χ1) is 18.5. The number of aryl methyl sites for hydroxylation is 1. The number of nitrogens with zero attached hydrogens (tertiary/aromatic N) is 1. The molecule has 0 saturated heterocycles. The molecule has 0 aliphatic carbocycles. The predicted molar refractivity (Wildman–Crippen MR) is 153 cm³/mol. The first-order valence-electron chi connectivity index (χ1n) is 12.7. The summed E-state index contributed by atoms with van der Waals surface area (Å²) in [6.07, 6.45) is 1.97. The van der Waals surface area contributed by atoms with Gasteiger partial charge >= 0.3 is 0 Å². The summed E-state index contributed by atoms with van der Waals surface area (Å²) < 4.78 is 24.6. The zero-order valence-corrected chi connectivity index (χ0v) is 23.0. The summed E-state index contributed by atoms with van der Waals surface area (Å²) in [4.78, 5) is 10.8. The van der Waals surface area contributed by atoms with Crippen LogP contribution in [0.25, 0.3) is 0 Å². The van der Waals surface area contributed by atoms with Gasteiger partial charge in [-0.2, -0.15) is 3.89 Å². The minimum atomic E-state index is -0.250. The number of benzene rings is 3. The van der Waals surface area contributed by atoms with Gasteiger partial charge in [-0.05, 0) is 50.9 Å². The Morgan fingerprint density at radius 2 is 1.61 bits per heavy atom. The fourth-order valence-corrected chi connectivity index (χ4v) is 4.18. The number of carboxylic acid groups (broad SMARTS) is 1. The minimum Gasteiger partial charge on any atom is -0.492 e. The highest BCUT2D eigenvalue weighted by atomic mass is 32.2. The van der Waals surface area contributed by atoms with E-state index < -0.39 is 0 Å². The first-order valence-corrected chi connectivity index (χ1v) is 13.6. The zero-order chi connectivity index (χ0) is 27.6. The van der Waals surface area contributed by atoms with Crippen molar-refractivity contribution in [1.82, 2.24) is 4.90 Å². The molecule has 0 heterocycles. The fraction of sp³-hybridized carbons (Fsp3) is 0.367. The van der Waals surface area contributed by atoms with Gasteiger partial charge in [0.05, 0.1) is 12.4 Å². The molecular formula is C30H39FN2O4S. The van der Waals surface area contributed by atoms with Crippen LogP contribution in [0.15, 0.2) is 72.8 Å². The van der Waals surface area contributed by atoms with Crippen LogP contribution < -0.4 is 15.2 Å². The summed E-state index contributed by atoms with van der Waals surface area (Å²) in [5, 5.41) is 6.89. The molecular weight excluding hydrogens is 503 g/mol. The number of carbonyl (C=O) groups is 1. The highest BCUT2D eigenvalue weighted by Crippen LogP contribution is 2.25. The van der Waals surface area contributed by atoms with Crippen molar-refractivity contribution < 1.29 is 23.3 Å². The third-order valence-corrected chi connectivity index (χ3v) is 6.08. The van der Waals surface area contributed by atoms with E-state index >= 15 is 0 Å². The van der Waals surface area contributed by atoms with Crippen LogP contribution in [-0.4, -0.2) is 41.4 Å². The standard InChI is InChI=1S/C29H37FN2O2S.CH2O2/c1-23-9-7-11-25(19-23)22-34-29-15-6-4-13-27(29)21-32(16-8-10-24(2)31)20-26-12-3-5-14-28(26)33-17-18-35-30;2-1-3/h3-7,9,11-15,19,24H,8,10,16-18,20-22,31H2,1-2H3;1H,(H,2,3). The third kappa shape index (κ3) is 12.0. The lowest BCUT2D eigenvalue weighted by atomic mass is 10.1. The molecule has 1 unspecified atom stereocenters. The second-order valence-electron chi connectivity index (χ2n) is 9.09. The predicted octanol–water partition coefficient (Wildman–Crippen LogP) is 6.40. The molecule has 3 rings (SSSR count). The minimum absolute atomic E-state index is 0.176. The van der Waals surface area contributed by atoms with Crippen LogP contribution in [0.4, 0.5) is 3.89 Å². The van der Waals surface area contributed by atoms with Gasteiger partial charge in [-0.3, -0.25) is 9.69 Å². The van der Waals surface area contributed by atoms with Gasteiger partial charge in [-0.1, -0.05) is 66.2 Å². The summed E-state index contributed by atoms with van der Waals surface area (Å²) in [6, 6.07) is 24.8. The molecule has 1 atom stereocenters. The maximum absolute atomic E-state index is 12.5. The van der Waals surface area contributed by atoms with Crippen LogP contribution in [-0.2, 0) is 24.5 Å². The average Bonchev–Trinajstić information content (AvgIpc) is 2.89. The Morgan fingerprint density at radius 1 is 1.00 bits per heavy atom. The molecule has 0 spiro atoms. The van der Waals surface area contributed by atoms with Crippen molar-refractivity contribution in [2.45, 2.75) is 52.4 Å². The molecule has 0 bridgehead atoms.